The van der Waals surface area contributed by atoms with Crippen LogP contribution in [-0.4, -0.2) is 51.8 Å². The largest absolute Gasteiger partial charge is 0.358 e. The highest BCUT2D eigenvalue weighted by Crippen LogP contribution is 2.21. The lowest BCUT2D eigenvalue weighted by Gasteiger charge is -2.14. The zero-order valence-corrected chi connectivity index (χ0v) is 16.2. The molecule has 1 N–H and O–H groups in total. The smallest absolute Gasteiger partial charge is 0.261 e. The summed E-state index contributed by atoms with van der Waals surface area (Å²) in [6.07, 6.45) is 1.64. The number of amides is 1. The Hall–Kier alpha value is -2.71. The first kappa shape index (κ1) is 17.7. The highest BCUT2D eigenvalue weighted by molar-refractivity contribution is 7.17. The van der Waals surface area contributed by atoms with Gasteiger partial charge in [0.05, 0.1) is 39.9 Å². The van der Waals surface area contributed by atoms with E-state index in [2.05, 4.69) is 25.5 Å². The van der Waals surface area contributed by atoms with Gasteiger partial charge in [0, 0.05) is 19.2 Å². The quantitative estimate of drug-likeness (QED) is 0.714. The molecule has 3 aromatic rings. The minimum Gasteiger partial charge on any atom is -0.358 e. The van der Waals surface area contributed by atoms with Gasteiger partial charge < -0.3 is 10.2 Å². The van der Waals surface area contributed by atoms with Crippen LogP contribution >= 0.6 is 22.9 Å². The van der Waals surface area contributed by atoms with Gasteiger partial charge in [-0.3, -0.25) is 9.79 Å². The van der Waals surface area contributed by atoms with Crippen LogP contribution in [0.4, 0.5) is 0 Å². The van der Waals surface area contributed by atoms with E-state index in [1.165, 1.54) is 11.3 Å². The molecular formula is C18H17ClN6OS. The molecule has 1 aliphatic heterocycles. The summed E-state index contributed by atoms with van der Waals surface area (Å²) in [5.41, 5.74) is 2.73. The van der Waals surface area contributed by atoms with Gasteiger partial charge in [0.15, 0.2) is 0 Å². The fraction of sp³-hybridized carbons (Fsp3) is 0.222. The van der Waals surface area contributed by atoms with Crippen molar-refractivity contribution in [3.8, 4) is 5.69 Å². The van der Waals surface area contributed by atoms with E-state index < -0.39 is 0 Å². The molecule has 0 aliphatic carbocycles. The lowest BCUT2D eigenvalue weighted by atomic mass is 10.2. The van der Waals surface area contributed by atoms with Gasteiger partial charge in [-0.05, 0) is 36.4 Å². The second kappa shape index (κ2) is 7.50. The first-order chi connectivity index (χ1) is 13.1. The molecule has 0 unspecified atom stereocenters. The van der Waals surface area contributed by atoms with E-state index in [1.807, 2.05) is 31.3 Å². The van der Waals surface area contributed by atoms with Crippen molar-refractivity contribution in [3.05, 3.63) is 63.1 Å². The number of carbonyl (C=O) groups excluding carboxylic acids is 1. The summed E-state index contributed by atoms with van der Waals surface area (Å²) in [5.74, 6) is 0.833. The number of hydrogen-bond acceptors (Lipinski definition) is 6. The number of amidine groups is 1. The fourth-order valence-corrected chi connectivity index (χ4v) is 3.84. The number of halogens is 1. The van der Waals surface area contributed by atoms with E-state index in [0.717, 1.165) is 35.9 Å². The Bertz CT molecular complexity index is 993. The van der Waals surface area contributed by atoms with Crippen molar-refractivity contribution in [3.63, 3.8) is 0 Å². The highest BCUT2D eigenvalue weighted by Gasteiger charge is 2.15. The van der Waals surface area contributed by atoms with Gasteiger partial charge in [0.25, 0.3) is 5.91 Å². The van der Waals surface area contributed by atoms with Crippen LogP contribution in [0.5, 0.6) is 0 Å². The molecule has 0 spiro atoms. The van der Waals surface area contributed by atoms with Gasteiger partial charge in [-0.25, -0.2) is 4.68 Å². The van der Waals surface area contributed by atoms with Gasteiger partial charge >= 0.3 is 0 Å². The van der Waals surface area contributed by atoms with Gasteiger partial charge in [-0.15, -0.1) is 16.4 Å². The Morgan fingerprint density at radius 2 is 2.07 bits per heavy atom. The third-order valence-corrected chi connectivity index (χ3v) is 5.51. The van der Waals surface area contributed by atoms with Crippen molar-refractivity contribution in [1.29, 1.82) is 0 Å². The Morgan fingerprint density at radius 1 is 1.26 bits per heavy atom. The number of carbonyl (C=O) groups is 1. The van der Waals surface area contributed by atoms with Crippen LogP contribution in [0.3, 0.4) is 0 Å². The molecule has 27 heavy (non-hydrogen) atoms. The summed E-state index contributed by atoms with van der Waals surface area (Å²) in [4.78, 5) is 19.4. The summed E-state index contributed by atoms with van der Waals surface area (Å²) in [7, 11) is 2.04. The van der Waals surface area contributed by atoms with Crippen molar-refractivity contribution >= 4 is 34.7 Å². The van der Waals surface area contributed by atoms with Crippen molar-refractivity contribution in [2.75, 3.05) is 20.1 Å². The molecule has 0 fully saturated rings. The number of aliphatic imine (C=N–C) groups is 1. The van der Waals surface area contributed by atoms with E-state index in [0.29, 0.717) is 15.8 Å². The van der Waals surface area contributed by atoms with E-state index >= 15 is 0 Å². The molecule has 0 bridgehead atoms. The van der Waals surface area contributed by atoms with Crippen LogP contribution in [0.1, 0.15) is 20.9 Å². The average Bonchev–Trinajstić information content (AvgIpc) is 3.41. The molecule has 7 nitrogen and oxygen atoms in total. The molecule has 0 saturated carbocycles. The molecule has 1 amide bonds. The van der Waals surface area contributed by atoms with Gasteiger partial charge in [0.1, 0.15) is 5.84 Å². The maximum atomic E-state index is 12.2. The number of hydrogen-bond donors (Lipinski definition) is 1. The molecule has 2 aromatic heterocycles. The number of aromatic nitrogens is 3. The van der Waals surface area contributed by atoms with Crippen LogP contribution < -0.4 is 5.32 Å². The summed E-state index contributed by atoms with van der Waals surface area (Å²) < 4.78 is 2.30. The Balaban J connectivity index is 1.47. The van der Waals surface area contributed by atoms with E-state index in [9.17, 15) is 4.79 Å². The van der Waals surface area contributed by atoms with Crippen molar-refractivity contribution in [2.24, 2.45) is 4.99 Å². The average molecular weight is 401 g/mol. The van der Waals surface area contributed by atoms with Gasteiger partial charge in [-0.2, -0.15) is 0 Å². The first-order valence-electron chi connectivity index (χ1n) is 8.41. The standard InChI is InChI=1S/C18H17ClN6OS/c1-24-9-8-20-17(24)12-2-4-13(5-3-12)25-14(11-22-23-25)10-21-18(26)15-6-7-16(19)27-15/h2-7,11H,8-10H2,1H3,(H,21,26). The number of rotatable bonds is 5. The molecular weight excluding hydrogens is 384 g/mol. The van der Waals surface area contributed by atoms with E-state index in [1.54, 1.807) is 23.0 Å². The lowest BCUT2D eigenvalue weighted by molar-refractivity contribution is 0.0954. The number of thiophene rings is 1. The fourth-order valence-electron chi connectivity index (χ4n) is 2.88. The zero-order chi connectivity index (χ0) is 18.8. The SMILES string of the molecule is CN1CCN=C1c1ccc(-n2nncc2CNC(=O)c2ccc(Cl)s2)cc1. The predicted molar refractivity (Wildman–Crippen MR) is 106 cm³/mol. The van der Waals surface area contributed by atoms with E-state index in [-0.39, 0.29) is 5.91 Å². The molecule has 138 valence electrons. The van der Waals surface area contributed by atoms with Crippen molar-refractivity contribution < 1.29 is 4.79 Å². The summed E-state index contributed by atoms with van der Waals surface area (Å²) in [6, 6.07) is 11.4. The Morgan fingerprint density at radius 3 is 2.74 bits per heavy atom. The summed E-state index contributed by atoms with van der Waals surface area (Å²) in [6.45, 7) is 2.09. The number of nitrogens with zero attached hydrogens (tertiary/aromatic N) is 5. The molecule has 1 aromatic carbocycles. The molecule has 0 radical (unpaired) electrons. The molecule has 3 heterocycles. The van der Waals surface area contributed by atoms with E-state index in [4.69, 9.17) is 11.6 Å². The minimum absolute atomic E-state index is 0.169. The van der Waals surface area contributed by atoms with Crippen LogP contribution in [0.2, 0.25) is 4.34 Å². The van der Waals surface area contributed by atoms with Crippen molar-refractivity contribution in [1.82, 2.24) is 25.2 Å². The van der Waals surface area contributed by atoms with Crippen LogP contribution in [0.25, 0.3) is 5.69 Å². The lowest BCUT2D eigenvalue weighted by Crippen LogP contribution is -2.24. The molecule has 1 aliphatic rings. The molecule has 0 atom stereocenters. The minimum atomic E-state index is -0.169. The topological polar surface area (TPSA) is 75.4 Å². The second-order valence-corrected chi connectivity index (χ2v) is 7.81. The summed E-state index contributed by atoms with van der Waals surface area (Å²) >= 11 is 7.13. The monoisotopic (exact) mass is 400 g/mol. The molecule has 0 saturated heterocycles. The number of nitrogens with one attached hydrogen (secondary N) is 1. The first-order valence-corrected chi connectivity index (χ1v) is 9.61. The predicted octanol–water partition coefficient (Wildman–Crippen LogP) is 2.60. The Labute approximate surface area is 165 Å². The number of benzene rings is 1. The number of likely N-dealkylation sites (N-methyl/N-ethyl adjacent to an activating group) is 1. The summed E-state index contributed by atoms with van der Waals surface area (Å²) in [5, 5.41) is 11.0. The molecule has 9 heteroatoms. The maximum Gasteiger partial charge on any atom is 0.261 e. The highest BCUT2D eigenvalue weighted by atomic mass is 35.5. The second-order valence-electron chi connectivity index (χ2n) is 6.10. The van der Waals surface area contributed by atoms with Crippen molar-refractivity contribution in [2.45, 2.75) is 6.54 Å². The Kier molecular flexibility index (Phi) is 4.91. The van der Waals surface area contributed by atoms with Gasteiger partial charge in [-0.1, -0.05) is 16.8 Å². The van der Waals surface area contributed by atoms with Gasteiger partial charge in [0.2, 0.25) is 0 Å². The normalized spacial score (nSPS) is 13.7. The maximum absolute atomic E-state index is 12.2. The zero-order valence-electron chi connectivity index (χ0n) is 14.6. The molecule has 4 rings (SSSR count). The van der Waals surface area contributed by atoms with Crippen LogP contribution in [0.15, 0.2) is 47.6 Å². The van der Waals surface area contributed by atoms with Crippen LogP contribution in [-0.2, 0) is 6.54 Å². The third-order valence-electron chi connectivity index (χ3n) is 4.28. The third kappa shape index (κ3) is 3.72. The van der Waals surface area contributed by atoms with Crippen LogP contribution in [0, 0.1) is 0 Å².